The Morgan fingerprint density at radius 3 is 1.34 bits per heavy atom. The Labute approximate surface area is 374 Å². The van der Waals surface area contributed by atoms with Crippen LogP contribution in [0.1, 0.15) is 52.2 Å². The van der Waals surface area contributed by atoms with Crippen LogP contribution in [0.3, 0.4) is 0 Å². The first-order valence-corrected chi connectivity index (χ1v) is 21.6. The quantitative estimate of drug-likeness (QED) is 0.0711. The Morgan fingerprint density at radius 1 is 0.641 bits per heavy atom. The topological polar surface area (TPSA) is 332 Å². The summed E-state index contributed by atoms with van der Waals surface area (Å²) < 4.78 is 82.4. The molecule has 29 heteroatoms. The highest BCUT2D eigenvalue weighted by molar-refractivity contribution is 7.92. The van der Waals surface area contributed by atoms with Crippen molar-refractivity contribution in [3.63, 3.8) is 0 Å². The second-order valence-electron chi connectivity index (χ2n) is 12.8. The maximum atomic E-state index is 13.1. The van der Waals surface area contributed by atoms with Gasteiger partial charge in [-0.2, -0.15) is 15.5 Å². The van der Waals surface area contributed by atoms with Gasteiger partial charge >= 0.3 is 17.1 Å². The van der Waals surface area contributed by atoms with Gasteiger partial charge in [-0.15, -0.1) is 0 Å². The van der Waals surface area contributed by atoms with Crippen LogP contribution < -0.4 is 4.74 Å². The first-order chi connectivity index (χ1) is 29.9. The summed E-state index contributed by atoms with van der Waals surface area (Å²) in [6.07, 6.45) is -2.31. The minimum Gasteiger partial charge on any atom is -0.469 e. The predicted octanol–water partition coefficient (Wildman–Crippen LogP) is 7.29. The normalized spacial score (nSPS) is 14.0. The summed E-state index contributed by atoms with van der Waals surface area (Å²) in [7, 11) is -8.57. The summed E-state index contributed by atoms with van der Waals surface area (Å²) in [5, 5.41) is 47.1. The van der Waals surface area contributed by atoms with E-state index in [1.54, 1.807) is 31.2 Å². The molecule has 1 saturated carbocycles. The number of hydrogen-bond donors (Lipinski definition) is 0. The number of ether oxygens (including phenoxy) is 1. The molecule has 2 unspecified atom stereocenters. The van der Waals surface area contributed by atoms with Crippen LogP contribution >= 0.6 is 34.8 Å². The maximum absolute atomic E-state index is 13.1. The van der Waals surface area contributed by atoms with Crippen molar-refractivity contribution in [3.8, 4) is 18.0 Å². The predicted molar refractivity (Wildman–Crippen MR) is 218 cm³/mol. The number of nitriles is 2. The van der Waals surface area contributed by atoms with Crippen molar-refractivity contribution in [2.75, 3.05) is 0 Å². The number of halogens is 5. The molecular weight excluding hydrogens is 959 g/mol. The van der Waals surface area contributed by atoms with Crippen molar-refractivity contribution in [1.29, 1.82) is 10.5 Å². The third-order valence-corrected chi connectivity index (χ3v) is 12.8. The fourth-order valence-corrected chi connectivity index (χ4v) is 9.16. The molecule has 0 aliphatic heterocycles. The lowest BCUT2D eigenvalue weighted by Gasteiger charge is -2.34. The van der Waals surface area contributed by atoms with E-state index in [4.69, 9.17) is 39.5 Å². The molecule has 64 heavy (non-hydrogen) atoms. The number of rotatable bonds is 11. The van der Waals surface area contributed by atoms with E-state index >= 15 is 0 Å². The highest BCUT2D eigenvalue weighted by atomic mass is 35.5. The fourth-order valence-electron chi connectivity index (χ4n) is 5.45. The summed E-state index contributed by atoms with van der Waals surface area (Å²) >= 11 is 16.6. The molecule has 1 fully saturated rings. The largest absolute Gasteiger partial charge is 0.469 e. The summed E-state index contributed by atoms with van der Waals surface area (Å²) in [4.78, 5) is 52.3. The van der Waals surface area contributed by atoms with Gasteiger partial charge in [-0.1, -0.05) is 71.2 Å². The number of hydrogen-bond acceptors (Lipinski definition) is 19. The van der Waals surface area contributed by atoms with Crippen LogP contribution in [0.5, 0.6) is 5.88 Å². The molecule has 2 aromatic carbocycles. The summed E-state index contributed by atoms with van der Waals surface area (Å²) in [5.41, 5.74) is -3.39. The molecular formula is C35H26Cl3F2N11O11S2. The zero-order valence-corrected chi connectivity index (χ0v) is 36.4. The van der Waals surface area contributed by atoms with Gasteiger partial charge < -0.3 is 4.74 Å². The van der Waals surface area contributed by atoms with Crippen molar-refractivity contribution in [2.24, 2.45) is 0 Å². The molecule has 0 N–H and O–H groups in total. The zero-order chi connectivity index (χ0) is 47.9. The van der Waals surface area contributed by atoms with Crippen molar-refractivity contribution in [1.82, 2.24) is 29.9 Å². The van der Waals surface area contributed by atoms with Gasteiger partial charge in [-0.05, 0) is 45.0 Å². The van der Waals surface area contributed by atoms with E-state index in [0.717, 1.165) is 0 Å². The van der Waals surface area contributed by atoms with Crippen molar-refractivity contribution >= 4 is 71.5 Å². The lowest BCUT2D eigenvalue weighted by Crippen LogP contribution is -2.43. The highest BCUT2D eigenvalue weighted by Gasteiger charge is 2.49. The molecule has 0 bridgehead atoms. The monoisotopic (exact) mass is 983 g/mol. The van der Waals surface area contributed by atoms with Crippen molar-refractivity contribution in [2.45, 2.75) is 65.9 Å². The van der Waals surface area contributed by atoms with Gasteiger partial charge in [-0.25, -0.2) is 50.5 Å². The fraction of sp³-hybridized carbons (Fsp3) is 0.257. The van der Waals surface area contributed by atoms with E-state index in [2.05, 4.69) is 29.9 Å². The Balaban J connectivity index is 0.000000228. The van der Waals surface area contributed by atoms with Gasteiger partial charge in [-0.3, -0.25) is 30.3 Å². The van der Waals surface area contributed by atoms with E-state index in [0.29, 0.717) is 5.82 Å². The molecule has 0 radical (unpaired) electrons. The van der Waals surface area contributed by atoms with Crippen LogP contribution in [-0.4, -0.2) is 73.5 Å². The van der Waals surface area contributed by atoms with E-state index in [1.165, 1.54) is 62.4 Å². The number of nitro groups is 3. The molecule has 22 nitrogen and oxygen atoms in total. The Hall–Kier alpha value is -6.71. The number of benzene rings is 2. The van der Waals surface area contributed by atoms with Crippen LogP contribution in [0.25, 0.3) is 0 Å². The van der Waals surface area contributed by atoms with Crippen LogP contribution in [-0.2, 0) is 19.7 Å². The molecule has 2 atom stereocenters. The Morgan fingerprint density at radius 2 is 0.984 bits per heavy atom. The average Bonchev–Trinajstić information content (AvgIpc) is 3.17. The standard InChI is InChI=1S/C17H14F2N4O5S.C13H9ClN4O4S.C5H3Cl2N3O2/c1-10-21-14(13(9-20)29(26,27)12-5-3-2-4-6-12)15(23(24)25)16(22-10)28-11-7-17(18,19)8-11;1-8-16-11(12(18(19)20)13(14)17-8)10(7-15)23(21,22)9-5-3-2-4-6-9;1-2-8-4(6)3(10(11)12)5(7)9-2/h2-6,11,13H,7-8H2,1H3;2-6,10H,1H3;1H3. The molecule has 1 aliphatic rings. The SMILES string of the molecule is Cc1nc(Cl)c([N+](=O)[O-])c(C(C#N)S(=O)(=O)c2ccccc2)n1.Cc1nc(Cl)c([N+](=O)[O-])c(Cl)n1.Cc1nc(OC2CC(F)(F)C2)c([N+](=O)[O-])c(C(C#N)S(=O)(=O)c2ccccc2)n1. The molecule has 0 saturated heterocycles. The first-order valence-electron chi connectivity index (χ1n) is 17.3. The molecule has 1 aliphatic carbocycles. The van der Waals surface area contributed by atoms with Crippen LogP contribution in [0.2, 0.25) is 15.5 Å². The summed E-state index contributed by atoms with van der Waals surface area (Å²) in [6, 6.07) is 17.2. The number of aromatic nitrogens is 6. The number of nitrogens with zero attached hydrogens (tertiary/aromatic N) is 11. The molecule has 6 rings (SSSR count). The first kappa shape index (κ1) is 49.9. The average molecular weight is 985 g/mol. The van der Waals surface area contributed by atoms with Gasteiger partial charge in [0.05, 0.1) is 36.7 Å². The molecule has 0 amide bonds. The van der Waals surface area contributed by atoms with Gasteiger partial charge in [0.2, 0.25) is 45.6 Å². The number of aryl methyl sites for hydroxylation is 3. The minimum atomic E-state index is -4.36. The minimum absolute atomic E-state index is 0.0270. The molecule has 5 aromatic rings. The van der Waals surface area contributed by atoms with E-state index in [1.807, 2.05) is 0 Å². The van der Waals surface area contributed by atoms with Gasteiger partial charge in [0.1, 0.15) is 23.6 Å². The van der Waals surface area contributed by atoms with Gasteiger partial charge in [0.15, 0.2) is 11.4 Å². The van der Waals surface area contributed by atoms with Crippen molar-refractivity contribution < 1.29 is 45.1 Å². The third kappa shape index (κ3) is 11.5. The van der Waals surface area contributed by atoms with Gasteiger partial charge in [0.25, 0.3) is 11.8 Å². The second kappa shape index (κ2) is 20.2. The smallest absolute Gasteiger partial charge is 0.354 e. The van der Waals surface area contributed by atoms with E-state index < -0.39 is 109 Å². The van der Waals surface area contributed by atoms with E-state index in [-0.39, 0.29) is 31.7 Å². The van der Waals surface area contributed by atoms with Gasteiger partial charge in [0, 0.05) is 12.8 Å². The third-order valence-electron chi connectivity index (χ3n) is 8.26. The van der Waals surface area contributed by atoms with Crippen LogP contribution in [0.15, 0.2) is 70.5 Å². The molecule has 3 aromatic heterocycles. The molecule has 334 valence electrons. The number of alkyl halides is 2. The lowest BCUT2D eigenvalue weighted by atomic mass is 9.91. The van der Waals surface area contributed by atoms with Crippen molar-refractivity contribution in [3.05, 3.63) is 135 Å². The Kier molecular flexibility index (Phi) is 15.8. The summed E-state index contributed by atoms with van der Waals surface area (Å²) in [6.45, 7) is 4.25. The van der Waals surface area contributed by atoms with E-state index in [9.17, 15) is 66.5 Å². The van der Waals surface area contributed by atoms with Crippen LogP contribution in [0, 0.1) is 73.8 Å². The maximum Gasteiger partial charge on any atom is 0.354 e. The Bertz CT molecular complexity index is 2920. The summed E-state index contributed by atoms with van der Waals surface area (Å²) in [5.74, 6) is -3.35. The molecule has 0 spiro atoms. The van der Waals surface area contributed by atoms with Crippen LogP contribution in [0.4, 0.5) is 25.8 Å². The molecule has 3 heterocycles. The zero-order valence-electron chi connectivity index (χ0n) is 32.5. The highest BCUT2D eigenvalue weighted by Crippen LogP contribution is 2.43. The lowest BCUT2D eigenvalue weighted by molar-refractivity contribution is -0.387. The second-order valence-corrected chi connectivity index (χ2v) is 18.0. The number of sulfone groups is 2.